The van der Waals surface area contributed by atoms with E-state index < -0.39 is 6.04 Å². The zero-order valence-corrected chi connectivity index (χ0v) is 13.0. The molecule has 0 saturated heterocycles. The van der Waals surface area contributed by atoms with E-state index in [1.54, 1.807) is 24.1 Å². The van der Waals surface area contributed by atoms with Gasteiger partial charge in [-0.2, -0.15) is 0 Å². The summed E-state index contributed by atoms with van der Waals surface area (Å²) >= 11 is 12.0. The normalized spacial score (nSPS) is 14.0. The third-order valence-corrected chi connectivity index (χ3v) is 3.82. The summed E-state index contributed by atoms with van der Waals surface area (Å²) in [7, 11) is 1.74. The van der Waals surface area contributed by atoms with Crippen LogP contribution >= 0.6 is 23.2 Å². The standard InChI is InChI=1S/C14H20Cl2N2O/c1-4-5-13(17)14(19)18(3)9(2)11-7-6-10(15)8-12(11)16/h6-9,13H,4-5,17H2,1-3H3/t9?,13-/m0/s1. The molecule has 1 rings (SSSR count). The van der Waals surface area contributed by atoms with Crippen molar-refractivity contribution in [1.29, 1.82) is 0 Å². The third-order valence-electron chi connectivity index (χ3n) is 3.26. The van der Waals surface area contributed by atoms with Gasteiger partial charge in [-0.3, -0.25) is 4.79 Å². The van der Waals surface area contributed by atoms with Crippen LogP contribution < -0.4 is 5.73 Å². The number of likely N-dealkylation sites (N-methyl/N-ethyl adjacent to an activating group) is 1. The smallest absolute Gasteiger partial charge is 0.239 e. The third kappa shape index (κ3) is 4.10. The van der Waals surface area contributed by atoms with Crippen LogP contribution in [0.25, 0.3) is 0 Å². The van der Waals surface area contributed by atoms with Gasteiger partial charge in [0.05, 0.1) is 12.1 Å². The maximum absolute atomic E-state index is 12.2. The number of nitrogens with two attached hydrogens (primary N) is 1. The van der Waals surface area contributed by atoms with Gasteiger partial charge < -0.3 is 10.6 Å². The average molecular weight is 303 g/mol. The van der Waals surface area contributed by atoms with E-state index >= 15 is 0 Å². The van der Waals surface area contributed by atoms with Crippen LogP contribution in [0.2, 0.25) is 10.0 Å². The van der Waals surface area contributed by atoms with Gasteiger partial charge in [0.25, 0.3) is 0 Å². The highest BCUT2D eigenvalue weighted by Crippen LogP contribution is 2.29. The summed E-state index contributed by atoms with van der Waals surface area (Å²) in [6, 6.07) is 4.69. The van der Waals surface area contributed by atoms with Crippen LogP contribution in [-0.4, -0.2) is 23.9 Å². The minimum absolute atomic E-state index is 0.0691. The number of carbonyl (C=O) groups excluding carboxylic acids is 1. The first-order chi connectivity index (χ1) is 8.88. The topological polar surface area (TPSA) is 46.3 Å². The summed E-state index contributed by atoms with van der Waals surface area (Å²) in [6.45, 7) is 3.93. The summed E-state index contributed by atoms with van der Waals surface area (Å²) in [6.07, 6.45) is 1.57. The molecule has 0 bridgehead atoms. The summed E-state index contributed by atoms with van der Waals surface area (Å²) in [5.74, 6) is -0.0691. The summed E-state index contributed by atoms with van der Waals surface area (Å²) in [5, 5.41) is 1.14. The lowest BCUT2D eigenvalue weighted by Gasteiger charge is -2.28. The molecule has 0 saturated carbocycles. The van der Waals surface area contributed by atoms with Gasteiger partial charge in [0.15, 0.2) is 0 Å². The fourth-order valence-electron chi connectivity index (χ4n) is 1.94. The second-order valence-corrected chi connectivity index (χ2v) is 5.53. The Labute approximate surface area is 124 Å². The summed E-state index contributed by atoms with van der Waals surface area (Å²) in [4.78, 5) is 13.8. The van der Waals surface area contributed by atoms with Crippen molar-refractivity contribution in [2.24, 2.45) is 5.73 Å². The molecule has 0 heterocycles. The quantitative estimate of drug-likeness (QED) is 0.902. The highest BCUT2D eigenvalue weighted by molar-refractivity contribution is 6.35. The molecule has 0 fully saturated rings. The van der Waals surface area contributed by atoms with E-state index in [-0.39, 0.29) is 11.9 Å². The van der Waals surface area contributed by atoms with Gasteiger partial charge in [0.1, 0.15) is 0 Å². The van der Waals surface area contributed by atoms with Crippen LogP contribution in [0.15, 0.2) is 18.2 Å². The summed E-state index contributed by atoms with van der Waals surface area (Å²) in [5.41, 5.74) is 6.73. The minimum atomic E-state index is -0.455. The van der Waals surface area contributed by atoms with E-state index in [9.17, 15) is 4.79 Å². The number of nitrogens with zero attached hydrogens (tertiary/aromatic N) is 1. The molecule has 1 unspecified atom stereocenters. The predicted molar refractivity (Wildman–Crippen MR) is 80.5 cm³/mol. The first-order valence-electron chi connectivity index (χ1n) is 6.35. The van der Waals surface area contributed by atoms with Crippen molar-refractivity contribution in [2.45, 2.75) is 38.8 Å². The Morgan fingerprint density at radius 3 is 2.58 bits per heavy atom. The SMILES string of the molecule is CCC[C@H](N)C(=O)N(C)C(C)c1ccc(Cl)cc1Cl. The monoisotopic (exact) mass is 302 g/mol. The second kappa shape index (κ2) is 7.13. The van der Waals surface area contributed by atoms with Gasteiger partial charge in [0.2, 0.25) is 5.91 Å². The van der Waals surface area contributed by atoms with Crippen LogP contribution in [0.5, 0.6) is 0 Å². The molecule has 0 aliphatic rings. The fraction of sp³-hybridized carbons (Fsp3) is 0.500. The molecule has 19 heavy (non-hydrogen) atoms. The lowest BCUT2D eigenvalue weighted by molar-refractivity contribution is -0.133. The van der Waals surface area contributed by atoms with E-state index in [2.05, 4.69) is 0 Å². The number of hydrogen-bond acceptors (Lipinski definition) is 2. The zero-order chi connectivity index (χ0) is 14.6. The molecule has 0 aliphatic heterocycles. The largest absolute Gasteiger partial charge is 0.338 e. The van der Waals surface area contributed by atoms with E-state index in [0.29, 0.717) is 16.5 Å². The van der Waals surface area contributed by atoms with Crippen LogP contribution in [0.4, 0.5) is 0 Å². The summed E-state index contributed by atoms with van der Waals surface area (Å²) < 4.78 is 0. The van der Waals surface area contributed by atoms with Crippen LogP contribution in [0.3, 0.4) is 0 Å². The Kier molecular flexibility index (Phi) is 6.11. The lowest BCUT2D eigenvalue weighted by atomic mass is 10.1. The molecule has 106 valence electrons. The highest BCUT2D eigenvalue weighted by Gasteiger charge is 2.23. The molecular weight excluding hydrogens is 283 g/mol. The number of amides is 1. The Morgan fingerprint density at radius 2 is 2.05 bits per heavy atom. The van der Waals surface area contributed by atoms with Crippen LogP contribution in [-0.2, 0) is 4.79 Å². The maximum atomic E-state index is 12.2. The van der Waals surface area contributed by atoms with Crippen molar-refractivity contribution < 1.29 is 4.79 Å². The van der Waals surface area contributed by atoms with Gasteiger partial charge in [-0.25, -0.2) is 0 Å². The Hall–Kier alpha value is -0.770. The molecule has 1 amide bonds. The molecule has 0 aromatic heterocycles. The Morgan fingerprint density at radius 1 is 1.42 bits per heavy atom. The maximum Gasteiger partial charge on any atom is 0.239 e. The highest BCUT2D eigenvalue weighted by atomic mass is 35.5. The van der Waals surface area contributed by atoms with Crippen LogP contribution in [0, 0.1) is 0 Å². The molecule has 2 N–H and O–H groups in total. The van der Waals surface area contributed by atoms with Crippen molar-refractivity contribution in [3.05, 3.63) is 33.8 Å². The van der Waals surface area contributed by atoms with Crippen molar-refractivity contribution in [2.75, 3.05) is 7.05 Å². The second-order valence-electron chi connectivity index (χ2n) is 4.69. The molecule has 0 aliphatic carbocycles. The van der Waals surface area contributed by atoms with Crippen molar-refractivity contribution in [3.63, 3.8) is 0 Å². The Balaban J connectivity index is 2.87. The van der Waals surface area contributed by atoms with Crippen molar-refractivity contribution >= 4 is 29.1 Å². The molecule has 1 aromatic rings. The van der Waals surface area contributed by atoms with E-state index in [1.807, 2.05) is 19.9 Å². The van der Waals surface area contributed by atoms with E-state index in [4.69, 9.17) is 28.9 Å². The first kappa shape index (κ1) is 16.3. The van der Waals surface area contributed by atoms with Crippen molar-refractivity contribution in [1.82, 2.24) is 4.90 Å². The van der Waals surface area contributed by atoms with E-state index in [0.717, 1.165) is 12.0 Å². The zero-order valence-electron chi connectivity index (χ0n) is 11.5. The van der Waals surface area contributed by atoms with Crippen LogP contribution in [0.1, 0.15) is 38.3 Å². The first-order valence-corrected chi connectivity index (χ1v) is 7.11. The molecule has 3 nitrogen and oxygen atoms in total. The number of rotatable bonds is 5. The minimum Gasteiger partial charge on any atom is -0.338 e. The molecule has 2 atom stereocenters. The average Bonchev–Trinajstić information content (AvgIpc) is 2.36. The van der Waals surface area contributed by atoms with Gasteiger partial charge in [-0.1, -0.05) is 42.6 Å². The fourth-order valence-corrected chi connectivity index (χ4v) is 2.50. The number of halogens is 2. The predicted octanol–water partition coefficient (Wildman–Crippen LogP) is 3.64. The molecule has 0 spiro atoms. The number of benzene rings is 1. The molecule has 1 aromatic carbocycles. The number of hydrogen-bond donors (Lipinski definition) is 1. The molecule has 5 heteroatoms. The van der Waals surface area contributed by atoms with E-state index in [1.165, 1.54) is 0 Å². The number of carbonyl (C=O) groups is 1. The van der Waals surface area contributed by atoms with Crippen molar-refractivity contribution in [3.8, 4) is 0 Å². The molecular formula is C14H20Cl2N2O. The van der Waals surface area contributed by atoms with Gasteiger partial charge in [-0.15, -0.1) is 0 Å². The Bertz CT molecular complexity index is 451. The van der Waals surface area contributed by atoms with Gasteiger partial charge in [0, 0.05) is 17.1 Å². The molecule has 0 radical (unpaired) electrons. The van der Waals surface area contributed by atoms with Gasteiger partial charge >= 0.3 is 0 Å². The lowest BCUT2D eigenvalue weighted by Crippen LogP contribution is -2.42. The van der Waals surface area contributed by atoms with Gasteiger partial charge in [-0.05, 0) is 31.0 Å².